The Labute approximate surface area is 119 Å². The summed E-state index contributed by atoms with van der Waals surface area (Å²) in [4.78, 5) is 4.05. The highest BCUT2D eigenvalue weighted by atomic mass is 32.2. The monoisotopic (exact) mass is 278 g/mol. The van der Waals surface area contributed by atoms with Crippen LogP contribution in [0.5, 0.6) is 0 Å². The number of hydrogen-bond acceptors (Lipinski definition) is 4. The Balaban J connectivity index is 1.60. The third kappa shape index (κ3) is 3.14. The highest BCUT2D eigenvalue weighted by Crippen LogP contribution is 2.39. The normalized spacial score (nSPS) is 27.4. The third-order valence-electron chi connectivity index (χ3n) is 3.93. The first-order valence-electron chi connectivity index (χ1n) is 7.07. The number of rotatable bonds is 4. The number of nitrogens with one attached hydrogen (secondary N) is 1. The quantitative estimate of drug-likeness (QED) is 0.907. The lowest BCUT2D eigenvalue weighted by Gasteiger charge is -2.34. The number of thioether (sulfide) groups is 1. The summed E-state index contributed by atoms with van der Waals surface area (Å²) in [6, 6.07) is 8.86. The smallest absolute Gasteiger partial charge is 0.0826 e. The van der Waals surface area contributed by atoms with Gasteiger partial charge in [0.05, 0.1) is 12.7 Å². The molecule has 0 amide bonds. The summed E-state index contributed by atoms with van der Waals surface area (Å²) in [6.45, 7) is 5.13. The summed E-state index contributed by atoms with van der Waals surface area (Å²) in [5, 5.41) is 3.21. The minimum Gasteiger partial charge on any atom is -0.374 e. The van der Waals surface area contributed by atoms with Crippen molar-refractivity contribution in [1.29, 1.82) is 0 Å². The van der Waals surface area contributed by atoms with Crippen LogP contribution in [0.4, 0.5) is 0 Å². The van der Waals surface area contributed by atoms with E-state index in [0.29, 0.717) is 12.0 Å². The molecule has 1 aromatic carbocycles. The summed E-state index contributed by atoms with van der Waals surface area (Å²) >= 11 is 2.01. The average molecular weight is 278 g/mol. The zero-order valence-electron chi connectivity index (χ0n) is 11.5. The van der Waals surface area contributed by atoms with Gasteiger partial charge in [-0.1, -0.05) is 18.2 Å². The summed E-state index contributed by atoms with van der Waals surface area (Å²) in [6.07, 6.45) is 0.350. The van der Waals surface area contributed by atoms with Crippen molar-refractivity contribution in [3.63, 3.8) is 0 Å². The zero-order chi connectivity index (χ0) is 13.1. The molecule has 3 rings (SSSR count). The lowest BCUT2D eigenvalue weighted by atomic mass is 10.0. The molecule has 0 bridgehead atoms. The van der Waals surface area contributed by atoms with Gasteiger partial charge in [0, 0.05) is 42.7 Å². The van der Waals surface area contributed by atoms with Crippen LogP contribution in [-0.2, 0) is 4.74 Å². The van der Waals surface area contributed by atoms with E-state index in [1.807, 2.05) is 18.8 Å². The molecule has 0 saturated carbocycles. The van der Waals surface area contributed by atoms with Crippen LogP contribution in [0, 0.1) is 0 Å². The van der Waals surface area contributed by atoms with E-state index in [1.54, 1.807) is 5.56 Å². The third-order valence-corrected chi connectivity index (χ3v) is 5.18. The zero-order valence-corrected chi connectivity index (χ0v) is 12.3. The standard InChI is InChI=1S/C15H22N2OS/c1-16-8-13-10-17(6-7-18-13)9-12-11-19-15-5-3-2-4-14(12)15/h2-5,12-13,16H,6-11H2,1H3. The lowest BCUT2D eigenvalue weighted by molar-refractivity contribution is -0.0274. The Bertz CT molecular complexity index is 424. The maximum atomic E-state index is 5.77. The molecule has 0 radical (unpaired) electrons. The minimum absolute atomic E-state index is 0.350. The molecule has 2 aliphatic rings. The van der Waals surface area contributed by atoms with Gasteiger partial charge in [-0.15, -0.1) is 11.8 Å². The second kappa shape index (κ2) is 6.27. The number of hydrogen-bond donors (Lipinski definition) is 1. The molecule has 0 spiro atoms. The highest BCUT2D eigenvalue weighted by Gasteiger charge is 2.27. The van der Waals surface area contributed by atoms with Crippen LogP contribution in [0.1, 0.15) is 11.5 Å². The Morgan fingerprint density at radius 3 is 3.21 bits per heavy atom. The Hall–Kier alpha value is -0.550. The lowest BCUT2D eigenvalue weighted by Crippen LogP contribution is -2.47. The molecule has 2 heterocycles. The van der Waals surface area contributed by atoms with E-state index < -0.39 is 0 Å². The summed E-state index contributed by atoms with van der Waals surface area (Å²) < 4.78 is 5.77. The van der Waals surface area contributed by atoms with Gasteiger partial charge in [0.25, 0.3) is 0 Å². The van der Waals surface area contributed by atoms with Crippen molar-refractivity contribution in [2.75, 3.05) is 45.6 Å². The molecular weight excluding hydrogens is 256 g/mol. The minimum atomic E-state index is 0.350. The van der Waals surface area contributed by atoms with Crippen molar-refractivity contribution in [3.05, 3.63) is 29.8 Å². The molecule has 1 aromatic rings. The molecule has 2 unspecified atom stereocenters. The number of benzene rings is 1. The molecule has 19 heavy (non-hydrogen) atoms. The Morgan fingerprint density at radius 2 is 2.32 bits per heavy atom. The van der Waals surface area contributed by atoms with Crippen LogP contribution in [0.2, 0.25) is 0 Å². The van der Waals surface area contributed by atoms with Crippen molar-refractivity contribution in [3.8, 4) is 0 Å². The van der Waals surface area contributed by atoms with E-state index in [-0.39, 0.29) is 0 Å². The topological polar surface area (TPSA) is 24.5 Å². The van der Waals surface area contributed by atoms with Gasteiger partial charge >= 0.3 is 0 Å². The molecule has 1 saturated heterocycles. The molecule has 4 heteroatoms. The number of morpholine rings is 1. The van der Waals surface area contributed by atoms with Crippen LogP contribution in [-0.4, -0.2) is 56.6 Å². The van der Waals surface area contributed by atoms with E-state index in [1.165, 1.54) is 17.2 Å². The maximum absolute atomic E-state index is 5.77. The molecule has 3 nitrogen and oxygen atoms in total. The molecule has 1 fully saturated rings. The van der Waals surface area contributed by atoms with Crippen molar-refractivity contribution in [2.45, 2.75) is 16.9 Å². The van der Waals surface area contributed by atoms with Crippen molar-refractivity contribution < 1.29 is 4.74 Å². The van der Waals surface area contributed by atoms with Crippen molar-refractivity contribution in [1.82, 2.24) is 10.2 Å². The first kappa shape index (κ1) is 13.4. The van der Waals surface area contributed by atoms with E-state index in [2.05, 4.69) is 34.5 Å². The Morgan fingerprint density at radius 1 is 1.42 bits per heavy atom. The van der Waals surface area contributed by atoms with Crippen LogP contribution in [0.15, 0.2) is 29.2 Å². The van der Waals surface area contributed by atoms with E-state index >= 15 is 0 Å². The number of likely N-dealkylation sites (N-methyl/N-ethyl adjacent to an activating group) is 1. The highest BCUT2D eigenvalue weighted by molar-refractivity contribution is 7.99. The molecule has 2 atom stereocenters. The van der Waals surface area contributed by atoms with Gasteiger partial charge in [-0.2, -0.15) is 0 Å². The maximum Gasteiger partial charge on any atom is 0.0826 e. The van der Waals surface area contributed by atoms with Crippen molar-refractivity contribution >= 4 is 11.8 Å². The molecule has 1 N–H and O–H groups in total. The second-order valence-electron chi connectivity index (χ2n) is 5.36. The first-order chi connectivity index (χ1) is 9.36. The van der Waals surface area contributed by atoms with Gasteiger partial charge in [0.1, 0.15) is 0 Å². The van der Waals surface area contributed by atoms with Crippen LogP contribution >= 0.6 is 11.8 Å². The number of ether oxygens (including phenoxy) is 1. The summed E-state index contributed by atoms with van der Waals surface area (Å²) in [5.41, 5.74) is 1.55. The fourth-order valence-corrected chi connectivity index (χ4v) is 4.23. The van der Waals surface area contributed by atoms with Gasteiger partial charge in [0.15, 0.2) is 0 Å². The SMILES string of the molecule is CNCC1CN(CC2CSc3ccccc32)CCO1. The van der Waals surface area contributed by atoms with E-state index in [0.717, 1.165) is 26.2 Å². The predicted octanol–water partition coefficient (Wildman–Crippen LogP) is 1.80. The van der Waals surface area contributed by atoms with Crippen LogP contribution in [0.25, 0.3) is 0 Å². The van der Waals surface area contributed by atoms with Crippen molar-refractivity contribution in [2.24, 2.45) is 0 Å². The second-order valence-corrected chi connectivity index (χ2v) is 6.42. The van der Waals surface area contributed by atoms with Gasteiger partial charge in [-0.3, -0.25) is 4.90 Å². The molecule has 0 aromatic heterocycles. The summed E-state index contributed by atoms with van der Waals surface area (Å²) in [5.74, 6) is 1.92. The fourth-order valence-electron chi connectivity index (χ4n) is 2.99. The van der Waals surface area contributed by atoms with Gasteiger partial charge < -0.3 is 10.1 Å². The van der Waals surface area contributed by atoms with Crippen LogP contribution in [0.3, 0.4) is 0 Å². The molecular formula is C15H22N2OS. The number of nitrogens with zero attached hydrogens (tertiary/aromatic N) is 1. The number of fused-ring (bicyclic) bond motifs is 1. The molecule has 2 aliphatic heterocycles. The predicted molar refractivity (Wildman–Crippen MR) is 80.0 cm³/mol. The average Bonchev–Trinajstić information content (AvgIpc) is 2.83. The largest absolute Gasteiger partial charge is 0.374 e. The van der Waals surface area contributed by atoms with E-state index in [9.17, 15) is 0 Å². The summed E-state index contributed by atoms with van der Waals surface area (Å²) in [7, 11) is 1.99. The first-order valence-corrected chi connectivity index (χ1v) is 8.05. The van der Waals surface area contributed by atoms with Gasteiger partial charge in [-0.05, 0) is 18.7 Å². The fraction of sp³-hybridized carbons (Fsp3) is 0.600. The van der Waals surface area contributed by atoms with E-state index in [4.69, 9.17) is 4.74 Å². The van der Waals surface area contributed by atoms with Crippen LogP contribution < -0.4 is 5.32 Å². The van der Waals surface area contributed by atoms with Gasteiger partial charge in [-0.25, -0.2) is 0 Å². The van der Waals surface area contributed by atoms with Gasteiger partial charge in [0.2, 0.25) is 0 Å². The molecule has 0 aliphatic carbocycles. The Kier molecular flexibility index (Phi) is 4.43. The molecule has 104 valence electrons.